The van der Waals surface area contributed by atoms with E-state index in [2.05, 4.69) is 0 Å². The first kappa shape index (κ1) is 24.5. The number of amides is 2. The van der Waals surface area contributed by atoms with Gasteiger partial charge >= 0.3 is 0 Å². The van der Waals surface area contributed by atoms with E-state index in [0.717, 1.165) is 0 Å². The fourth-order valence-electron chi connectivity index (χ4n) is 5.00. The van der Waals surface area contributed by atoms with E-state index in [-0.39, 0.29) is 5.91 Å². The van der Waals surface area contributed by atoms with E-state index in [0.29, 0.717) is 46.5 Å². The van der Waals surface area contributed by atoms with E-state index in [9.17, 15) is 9.59 Å². The summed E-state index contributed by atoms with van der Waals surface area (Å²) in [7, 11) is 4.58. The largest absolute Gasteiger partial charge is 0.494 e. The Morgan fingerprint density at radius 3 is 2.11 bits per heavy atom. The zero-order chi connectivity index (χ0) is 26.1. The highest BCUT2D eigenvalue weighted by atomic mass is 16.7. The fraction of sp³-hybridized carbons (Fsp3) is 0.286. The monoisotopic (exact) mass is 504 g/mol. The third-order valence-electron chi connectivity index (χ3n) is 6.59. The molecule has 0 radical (unpaired) electrons. The Balaban J connectivity index is 1.61. The molecule has 5 rings (SSSR count). The normalized spacial score (nSPS) is 20.7. The summed E-state index contributed by atoms with van der Waals surface area (Å²) < 4.78 is 22.3. The number of imide groups is 1. The third kappa shape index (κ3) is 4.01. The summed E-state index contributed by atoms with van der Waals surface area (Å²) in [5.41, 5.74) is 1.79. The Hall–Kier alpha value is -4.24. The molecule has 9 heteroatoms. The van der Waals surface area contributed by atoms with E-state index in [1.807, 2.05) is 43.3 Å². The average molecular weight is 505 g/mol. The average Bonchev–Trinajstić information content (AvgIpc) is 3.44. The molecule has 2 aliphatic heterocycles. The van der Waals surface area contributed by atoms with Crippen molar-refractivity contribution in [1.29, 1.82) is 0 Å². The molecule has 2 saturated heterocycles. The molecule has 0 unspecified atom stereocenters. The van der Waals surface area contributed by atoms with Gasteiger partial charge in [0.25, 0.3) is 5.91 Å². The Bertz CT molecular complexity index is 1300. The standard InChI is InChI=1S/C28H28N2O7/c1-5-36-19-13-11-17(12-14-19)29-27(31)22-23(20-15-16-21(33-2)25(35-4)24(20)34-3)30(37-26(22)28(29)32)18-9-7-6-8-10-18/h6-16,22-23,26H,5H2,1-4H3/t22-,23+,26+/m1/s1. The van der Waals surface area contributed by atoms with Crippen LogP contribution in [0.3, 0.4) is 0 Å². The number of hydroxylamine groups is 1. The van der Waals surface area contributed by atoms with Crippen molar-refractivity contribution in [2.24, 2.45) is 5.92 Å². The summed E-state index contributed by atoms with van der Waals surface area (Å²) in [6.07, 6.45) is -1.01. The second kappa shape index (κ2) is 10.0. The molecule has 192 valence electrons. The predicted octanol–water partition coefficient (Wildman–Crippen LogP) is 4.16. The highest BCUT2D eigenvalue weighted by Gasteiger charge is 2.61. The Labute approximate surface area is 215 Å². The van der Waals surface area contributed by atoms with Gasteiger partial charge in [-0.3, -0.25) is 14.4 Å². The van der Waals surface area contributed by atoms with Crippen LogP contribution in [0.5, 0.6) is 23.0 Å². The second-order valence-corrected chi connectivity index (χ2v) is 8.52. The van der Waals surface area contributed by atoms with Crippen LogP contribution in [0.1, 0.15) is 18.5 Å². The minimum absolute atomic E-state index is 0.362. The van der Waals surface area contributed by atoms with Crippen molar-refractivity contribution in [1.82, 2.24) is 0 Å². The first-order valence-electron chi connectivity index (χ1n) is 11.9. The molecule has 2 amide bonds. The molecule has 3 aromatic rings. The van der Waals surface area contributed by atoms with Crippen molar-refractivity contribution >= 4 is 23.2 Å². The SMILES string of the molecule is CCOc1ccc(N2C(=O)[C@H]3[C@H](ON(c4ccccc4)[C@H]3c3ccc(OC)c(OC)c3OC)C2=O)cc1. The minimum Gasteiger partial charge on any atom is -0.494 e. The first-order valence-corrected chi connectivity index (χ1v) is 11.9. The van der Waals surface area contributed by atoms with Gasteiger partial charge in [0.15, 0.2) is 17.6 Å². The Morgan fingerprint density at radius 1 is 0.784 bits per heavy atom. The van der Waals surface area contributed by atoms with Crippen LogP contribution in [-0.4, -0.2) is 45.9 Å². The highest BCUT2D eigenvalue weighted by molar-refractivity contribution is 6.24. The van der Waals surface area contributed by atoms with E-state index >= 15 is 0 Å². The van der Waals surface area contributed by atoms with Crippen molar-refractivity contribution in [2.75, 3.05) is 37.9 Å². The van der Waals surface area contributed by atoms with Gasteiger partial charge in [-0.2, -0.15) is 0 Å². The number of nitrogens with zero attached hydrogens (tertiary/aromatic N) is 2. The second-order valence-electron chi connectivity index (χ2n) is 8.52. The quantitative estimate of drug-likeness (QED) is 0.423. The van der Waals surface area contributed by atoms with Gasteiger partial charge in [-0.1, -0.05) is 18.2 Å². The predicted molar refractivity (Wildman–Crippen MR) is 136 cm³/mol. The van der Waals surface area contributed by atoms with Crippen molar-refractivity contribution in [3.8, 4) is 23.0 Å². The van der Waals surface area contributed by atoms with Crippen LogP contribution in [0.2, 0.25) is 0 Å². The molecular weight excluding hydrogens is 476 g/mol. The van der Waals surface area contributed by atoms with Crippen molar-refractivity contribution in [2.45, 2.75) is 19.1 Å². The molecule has 3 atom stereocenters. The van der Waals surface area contributed by atoms with Gasteiger partial charge in [-0.05, 0) is 55.5 Å². The molecule has 0 spiro atoms. The lowest BCUT2D eigenvalue weighted by molar-refractivity contribution is -0.126. The maximum atomic E-state index is 13.9. The van der Waals surface area contributed by atoms with Crippen molar-refractivity contribution in [3.05, 3.63) is 72.3 Å². The molecule has 0 bridgehead atoms. The molecule has 9 nitrogen and oxygen atoms in total. The van der Waals surface area contributed by atoms with Crippen LogP contribution in [0, 0.1) is 5.92 Å². The maximum absolute atomic E-state index is 13.9. The van der Waals surface area contributed by atoms with Gasteiger partial charge in [-0.25, -0.2) is 9.96 Å². The molecular formula is C28H28N2O7. The van der Waals surface area contributed by atoms with Gasteiger partial charge in [-0.15, -0.1) is 0 Å². The summed E-state index contributed by atoms with van der Waals surface area (Å²) in [4.78, 5) is 34.9. The molecule has 2 aliphatic rings. The summed E-state index contributed by atoms with van der Waals surface area (Å²) in [5, 5.41) is 1.62. The number of rotatable bonds is 8. The summed E-state index contributed by atoms with van der Waals surface area (Å²) in [6, 6.07) is 19.1. The van der Waals surface area contributed by atoms with E-state index in [1.165, 1.54) is 26.2 Å². The van der Waals surface area contributed by atoms with Crippen molar-refractivity contribution < 1.29 is 33.4 Å². The maximum Gasteiger partial charge on any atom is 0.266 e. The molecule has 0 saturated carbocycles. The summed E-state index contributed by atoms with van der Waals surface area (Å²) in [6.45, 7) is 2.41. The molecule has 0 aromatic heterocycles. The number of anilines is 2. The Kier molecular flexibility index (Phi) is 6.62. The summed E-state index contributed by atoms with van der Waals surface area (Å²) >= 11 is 0. The zero-order valence-corrected chi connectivity index (χ0v) is 21.0. The minimum atomic E-state index is -1.01. The molecule has 2 fully saturated rings. The number of para-hydroxylation sites is 1. The molecule has 0 N–H and O–H groups in total. The third-order valence-corrected chi connectivity index (χ3v) is 6.59. The number of benzene rings is 3. The smallest absolute Gasteiger partial charge is 0.266 e. The fourth-order valence-corrected chi connectivity index (χ4v) is 5.00. The van der Waals surface area contributed by atoms with Crippen LogP contribution in [0.4, 0.5) is 11.4 Å². The number of ether oxygens (including phenoxy) is 4. The summed E-state index contributed by atoms with van der Waals surface area (Å²) in [5.74, 6) is 0.309. The van der Waals surface area contributed by atoms with Gasteiger partial charge < -0.3 is 18.9 Å². The van der Waals surface area contributed by atoms with Gasteiger partial charge in [0.2, 0.25) is 11.7 Å². The molecule has 37 heavy (non-hydrogen) atoms. The Morgan fingerprint density at radius 2 is 1.49 bits per heavy atom. The first-order chi connectivity index (χ1) is 18.0. The topological polar surface area (TPSA) is 86.8 Å². The molecule has 0 aliphatic carbocycles. The van der Waals surface area contributed by atoms with Gasteiger partial charge in [0, 0.05) is 5.56 Å². The van der Waals surface area contributed by atoms with Crippen LogP contribution in [0.25, 0.3) is 0 Å². The number of hydrogen-bond acceptors (Lipinski definition) is 8. The lowest BCUT2D eigenvalue weighted by atomic mass is 9.89. The number of hydrogen-bond donors (Lipinski definition) is 0. The van der Waals surface area contributed by atoms with Crippen LogP contribution in [-0.2, 0) is 14.4 Å². The van der Waals surface area contributed by atoms with Crippen molar-refractivity contribution in [3.63, 3.8) is 0 Å². The van der Waals surface area contributed by atoms with Crippen LogP contribution < -0.4 is 28.9 Å². The molecule has 3 aromatic carbocycles. The number of carbonyl (C=O) groups excluding carboxylic acids is 2. The van der Waals surface area contributed by atoms with Gasteiger partial charge in [0.1, 0.15) is 17.7 Å². The number of methoxy groups -OCH3 is 3. The lowest BCUT2D eigenvalue weighted by Crippen LogP contribution is -2.37. The molecule has 2 heterocycles. The van der Waals surface area contributed by atoms with Gasteiger partial charge in [0.05, 0.1) is 39.3 Å². The van der Waals surface area contributed by atoms with Crippen LogP contribution in [0.15, 0.2) is 66.7 Å². The van der Waals surface area contributed by atoms with Crippen LogP contribution >= 0.6 is 0 Å². The number of carbonyl (C=O) groups is 2. The van der Waals surface area contributed by atoms with E-state index in [4.69, 9.17) is 23.8 Å². The van der Waals surface area contributed by atoms with E-state index in [1.54, 1.807) is 35.4 Å². The van der Waals surface area contributed by atoms with E-state index < -0.39 is 24.0 Å². The zero-order valence-electron chi connectivity index (χ0n) is 21.0. The highest BCUT2D eigenvalue weighted by Crippen LogP contribution is 2.52. The number of fused-ring (bicyclic) bond motifs is 1. The lowest BCUT2D eigenvalue weighted by Gasteiger charge is -2.30.